The fourth-order valence-electron chi connectivity index (χ4n) is 1.97. The van der Waals surface area contributed by atoms with Gasteiger partial charge in [0, 0.05) is 10.7 Å². The van der Waals surface area contributed by atoms with Crippen molar-refractivity contribution in [3.8, 4) is 5.75 Å². The molecule has 0 aliphatic carbocycles. The van der Waals surface area contributed by atoms with E-state index in [1.54, 1.807) is 30.3 Å². The van der Waals surface area contributed by atoms with Crippen LogP contribution in [0.25, 0.3) is 0 Å². The Bertz CT molecular complexity index is 673. The van der Waals surface area contributed by atoms with Gasteiger partial charge in [0.25, 0.3) is 5.91 Å². The monoisotopic (exact) mass is 337 g/mol. The molecule has 0 aliphatic rings. The Morgan fingerprint density at radius 1 is 1.14 bits per heavy atom. The number of amides is 1. The largest absolute Gasteiger partial charge is 0.479 e. The molecule has 1 atom stereocenters. The molecule has 2 rings (SSSR count). The molecular formula is C17H17Cl2NO2. The molecule has 3 nitrogen and oxygen atoms in total. The van der Waals surface area contributed by atoms with Crippen molar-refractivity contribution in [1.82, 2.24) is 0 Å². The van der Waals surface area contributed by atoms with Gasteiger partial charge in [-0.25, -0.2) is 0 Å². The van der Waals surface area contributed by atoms with Gasteiger partial charge in [-0.3, -0.25) is 4.79 Å². The number of carbonyl (C=O) groups excluding carboxylic acids is 1. The van der Waals surface area contributed by atoms with Crippen molar-refractivity contribution >= 4 is 34.8 Å². The number of benzene rings is 2. The van der Waals surface area contributed by atoms with E-state index < -0.39 is 6.10 Å². The van der Waals surface area contributed by atoms with E-state index in [4.69, 9.17) is 27.9 Å². The molecule has 22 heavy (non-hydrogen) atoms. The van der Waals surface area contributed by atoms with E-state index in [-0.39, 0.29) is 5.91 Å². The van der Waals surface area contributed by atoms with Crippen molar-refractivity contribution in [1.29, 1.82) is 0 Å². The van der Waals surface area contributed by atoms with Crippen LogP contribution in [0.2, 0.25) is 10.0 Å². The van der Waals surface area contributed by atoms with Crippen molar-refractivity contribution in [3.05, 3.63) is 58.1 Å². The molecule has 1 N–H and O–H groups in total. The highest BCUT2D eigenvalue weighted by molar-refractivity contribution is 6.32. The molecular weight excluding hydrogens is 321 g/mol. The predicted octanol–water partition coefficient (Wildman–Crippen LogP) is 5.10. The summed E-state index contributed by atoms with van der Waals surface area (Å²) < 4.78 is 5.72. The second-order valence-corrected chi connectivity index (χ2v) is 5.66. The highest BCUT2D eigenvalue weighted by Crippen LogP contribution is 2.26. The number of carbonyl (C=O) groups is 1. The second-order valence-electron chi connectivity index (χ2n) is 4.85. The number of para-hydroxylation sites is 1. The molecule has 0 fully saturated rings. The maximum absolute atomic E-state index is 12.4. The van der Waals surface area contributed by atoms with Crippen molar-refractivity contribution in [3.63, 3.8) is 0 Å². The van der Waals surface area contributed by atoms with Crippen LogP contribution in [-0.4, -0.2) is 12.0 Å². The van der Waals surface area contributed by atoms with Crippen molar-refractivity contribution in [2.75, 3.05) is 5.32 Å². The first-order chi connectivity index (χ1) is 10.5. The van der Waals surface area contributed by atoms with Gasteiger partial charge in [0.15, 0.2) is 6.10 Å². The fourth-order valence-corrected chi connectivity index (χ4v) is 2.33. The lowest BCUT2D eigenvalue weighted by atomic mass is 10.2. The first-order valence-corrected chi connectivity index (χ1v) is 7.75. The van der Waals surface area contributed by atoms with Crippen LogP contribution in [0.3, 0.4) is 0 Å². The van der Waals surface area contributed by atoms with Crippen LogP contribution in [0, 0.1) is 6.92 Å². The summed E-state index contributed by atoms with van der Waals surface area (Å²) in [6, 6.07) is 12.5. The minimum atomic E-state index is -0.627. The molecule has 1 amide bonds. The van der Waals surface area contributed by atoms with Crippen molar-refractivity contribution < 1.29 is 9.53 Å². The van der Waals surface area contributed by atoms with Gasteiger partial charge in [-0.1, -0.05) is 48.3 Å². The molecule has 0 saturated carbocycles. The fraction of sp³-hybridized carbons (Fsp3) is 0.235. The zero-order chi connectivity index (χ0) is 16.1. The third-order valence-corrected chi connectivity index (χ3v) is 4.02. The normalized spacial score (nSPS) is 11.8. The van der Waals surface area contributed by atoms with E-state index in [1.807, 2.05) is 26.0 Å². The lowest BCUT2D eigenvalue weighted by molar-refractivity contribution is -0.122. The molecule has 0 unspecified atom stereocenters. The summed E-state index contributed by atoms with van der Waals surface area (Å²) in [5.41, 5.74) is 1.50. The van der Waals surface area contributed by atoms with Crippen LogP contribution < -0.4 is 10.1 Å². The summed E-state index contributed by atoms with van der Waals surface area (Å²) in [7, 11) is 0. The first-order valence-electron chi connectivity index (χ1n) is 7.00. The lowest BCUT2D eigenvalue weighted by Gasteiger charge is -2.19. The molecule has 0 saturated heterocycles. The van der Waals surface area contributed by atoms with E-state index in [9.17, 15) is 4.79 Å². The molecule has 0 heterocycles. The van der Waals surface area contributed by atoms with Crippen molar-refractivity contribution in [2.45, 2.75) is 26.4 Å². The Morgan fingerprint density at radius 3 is 2.50 bits per heavy atom. The Kier molecular flexibility index (Phi) is 5.69. The van der Waals surface area contributed by atoms with Crippen LogP contribution >= 0.6 is 23.2 Å². The van der Waals surface area contributed by atoms with Gasteiger partial charge in [-0.05, 0) is 43.2 Å². The number of hydrogen-bond donors (Lipinski definition) is 1. The van der Waals surface area contributed by atoms with Crippen LogP contribution in [0.4, 0.5) is 5.69 Å². The summed E-state index contributed by atoms with van der Waals surface area (Å²) in [4.78, 5) is 12.4. The summed E-state index contributed by atoms with van der Waals surface area (Å²) in [5.74, 6) is 0.266. The number of rotatable bonds is 5. The van der Waals surface area contributed by atoms with Crippen LogP contribution in [0.15, 0.2) is 42.5 Å². The Balaban J connectivity index is 2.12. The zero-order valence-corrected chi connectivity index (χ0v) is 13.9. The highest BCUT2D eigenvalue weighted by Gasteiger charge is 2.20. The van der Waals surface area contributed by atoms with E-state index in [1.165, 1.54) is 0 Å². The van der Waals surface area contributed by atoms with Crippen molar-refractivity contribution in [2.24, 2.45) is 0 Å². The van der Waals surface area contributed by atoms with E-state index in [2.05, 4.69) is 5.32 Å². The zero-order valence-electron chi connectivity index (χ0n) is 12.4. The highest BCUT2D eigenvalue weighted by atomic mass is 35.5. The van der Waals surface area contributed by atoms with E-state index >= 15 is 0 Å². The van der Waals surface area contributed by atoms with Crippen LogP contribution in [0.5, 0.6) is 5.75 Å². The summed E-state index contributed by atoms with van der Waals surface area (Å²) in [5, 5.41) is 3.94. The molecule has 0 bridgehead atoms. The Hall–Kier alpha value is -1.71. The van der Waals surface area contributed by atoms with Gasteiger partial charge in [-0.2, -0.15) is 0 Å². The number of ether oxygens (including phenoxy) is 1. The average molecular weight is 338 g/mol. The van der Waals surface area contributed by atoms with E-state index in [0.29, 0.717) is 27.9 Å². The van der Waals surface area contributed by atoms with Gasteiger partial charge in [0.1, 0.15) is 5.75 Å². The van der Waals surface area contributed by atoms with Gasteiger partial charge >= 0.3 is 0 Å². The molecule has 0 aromatic heterocycles. The lowest BCUT2D eigenvalue weighted by Crippen LogP contribution is -2.32. The Morgan fingerprint density at radius 2 is 1.82 bits per heavy atom. The third kappa shape index (κ3) is 3.93. The smallest absolute Gasteiger partial charge is 0.265 e. The Labute approximate surface area is 140 Å². The maximum Gasteiger partial charge on any atom is 0.265 e. The third-order valence-electron chi connectivity index (χ3n) is 3.29. The standard InChI is InChI=1S/C17H17Cl2NO2/c1-3-15(22-16-10-5-4-7-13(16)19)17(21)20-14-9-6-8-12(18)11(14)2/h4-10,15H,3H2,1-2H3,(H,20,21)/t15-/m0/s1. The van der Waals surface area contributed by atoms with Gasteiger partial charge in [0.2, 0.25) is 0 Å². The van der Waals surface area contributed by atoms with Crippen LogP contribution in [-0.2, 0) is 4.79 Å². The molecule has 116 valence electrons. The quantitative estimate of drug-likeness (QED) is 0.824. The minimum Gasteiger partial charge on any atom is -0.479 e. The number of hydrogen-bond acceptors (Lipinski definition) is 2. The average Bonchev–Trinajstić information content (AvgIpc) is 2.51. The second kappa shape index (κ2) is 7.52. The predicted molar refractivity (Wildman–Crippen MR) is 91.0 cm³/mol. The molecule has 0 spiro atoms. The van der Waals surface area contributed by atoms with E-state index in [0.717, 1.165) is 5.56 Å². The summed E-state index contributed by atoms with van der Waals surface area (Å²) in [6.45, 7) is 3.74. The topological polar surface area (TPSA) is 38.3 Å². The van der Waals surface area contributed by atoms with Crippen LogP contribution in [0.1, 0.15) is 18.9 Å². The molecule has 2 aromatic carbocycles. The molecule has 0 aliphatic heterocycles. The summed E-state index contributed by atoms with van der Waals surface area (Å²) in [6.07, 6.45) is -0.102. The molecule has 2 aromatic rings. The SMILES string of the molecule is CC[C@H](Oc1ccccc1Cl)C(=O)Nc1cccc(Cl)c1C. The number of halogens is 2. The molecule has 0 radical (unpaired) electrons. The number of anilines is 1. The minimum absolute atomic E-state index is 0.229. The summed E-state index contributed by atoms with van der Waals surface area (Å²) >= 11 is 12.1. The first kappa shape index (κ1) is 16.7. The number of nitrogens with one attached hydrogen (secondary N) is 1. The van der Waals surface area contributed by atoms with Gasteiger partial charge < -0.3 is 10.1 Å². The molecule has 5 heteroatoms. The van der Waals surface area contributed by atoms with Gasteiger partial charge in [-0.15, -0.1) is 0 Å². The maximum atomic E-state index is 12.4. The van der Waals surface area contributed by atoms with Gasteiger partial charge in [0.05, 0.1) is 5.02 Å².